The summed E-state index contributed by atoms with van der Waals surface area (Å²) >= 11 is 0. The minimum absolute atomic E-state index is 0.202. The Morgan fingerprint density at radius 3 is 2.39 bits per heavy atom. The second-order valence-electron chi connectivity index (χ2n) is 4.91. The molecular formula is C16H22O2. The van der Waals surface area contributed by atoms with Crippen LogP contribution in [-0.4, -0.2) is 10.7 Å². The third-order valence-corrected chi connectivity index (χ3v) is 4.24. The third-order valence-electron chi connectivity index (χ3n) is 4.24. The van der Waals surface area contributed by atoms with Crippen molar-refractivity contribution < 1.29 is 9.84 Å². The zero-order valence-electron chi connectivity index (χ0n) is 11.7. The molecule has 0 spiro atoms. The number of ether oxygens (including phenoxy) is 1. The average molecular weight is 246 g/mol. The van der Waals surface area contributed by atoms with Crippen molar-refractivity contribution in [1.29, 1.82) is 0 Å². The Balaban J connectivity index is 2.69. The van der Waals surface area contributed by atoms with E-state index in [2.05, 4.69) is 27.7 Å². The fourth-order valence-corrected chi connectivity index (χ4v) is 3.02. The maximum Gasteiger partial charge on any atom is 0.131 e. The summed E-state index contributed by atoms with van der Waals surface area (Å²) in [6.45, 7) is 8.60. The molecule has 2 heteroatoms. The molecule has 1 heterocycles. The van der Waals surface area contributed by atoms with E-state index in [9.17, 15) is 5.11 Å². The summed E-state index contributed by atoms with van der Waals surface area (Å²) in [5.74, 6) is 1.14. The summed E-state index contributed by atoms with van der Waals surface area (Å²) in [4.78, 5) is 0. The first kappa shape index (κ1) is 13.0. The lowest BCUT2D eigenvalue weighted by molar-refractivity contribution is 0.0938. The molecule has 0 unspecified atom stereocenters. The van der Waals surface area contributed by atoms with Gasteiger partial charge in [0.2, 0.25) is 0 Å². The molecule has 1 N–H and O–H groups in total. The summed E-state index contributed by atoms with van der Waals surface area (Å²) in [6.07, 6.45) is 2.82. The summed E-state index contributed by atoms with van der Waals surface area (Å²) in [5.41, 5.74) is 3.18. The molecule has 0 amide bonds. The van der Waals surface area contributed by atoms with Crippen molar-refractivity contribution in [2.45, 2.75) is 52.6 Å². The predicted octanol–water partition coefficient (Wildman–Crippen LogP) is 4.53. The predicted molar refractivity (Wildman–Crippen MR) is 74.9 cm³/mol. The second kappa shape index (κ2) is 4.68. The van der Waals surface area contributed by atoms with E-state index in [1.165, 1.54) is 11.1 Å². The van der Waals surface area contributed by atoms with Gasteiger partial charge in [-0.3, -0.25) is 0 Å². The summed E-state index contributed by atoms with van der Waals surface area (Å²) in [6, 6.07) is 5.53. The van der Waals surface area contributed by atoms with Crippen LogP contribution in [0.2, 0.25) is 0 Å². The van der Waals surface area contributed by atoms with E-state index in [1.807, 2.05) is 12.1 Å². The topological polar surface area (TPSA) is 29.5 Å². The molecule has 1 aromatic carbocycles. The van der Waals surface area contributed by atoms with Crippen LogP contribution in [0.3, 0.4) is 0 Å². The highest BCUT2D eigenvalue weighted by Crippen LogP contribution is 2.47. The number of hydrogen-bond acceptors (Lipinski definition) is 2. The van der Waals surface area contributed by atoms with Gasteiger partial charge >= 0.3 is 0 Å². The van der Waals surface area contributed by atoms with Crippen LogP contribution in [0.1, 0.15) is 52.5 Å². The Hall–Kier alpha value is -1.44. The molecular weight excluding hydrogens is 224 g/mol. The number of aromatic hydroxyl groups is 1. The van der Waals surface area contributed by atoms with Crippen LogP contribution in [0.15, 0.2) is 23.8 Å². The quantitative estimate of drug-likeness (QED) is 0.849. The van der Waals surface area contributed by atoms with Gasteiger partial charge in [-0.25, -0.2) is 0 Å². The van der Waals surface area contributed by atoms with Gasteiger partial charge in [-0.05, 0) is 49.5 Å². The number of phenolic OH excluding ortho intramolecular Hbond substituents is 1. The van der Waals surface area contributed by atoms with Crippen LogP contribution >= 0.6 is 0 Å². The standard InChI is InChI=1S/C16H22O2/c1-5-12-11(4)16(6-2,7-3)18-14-10-8-9-13(17)15(12)14/h8-10,17H,5-7H2,1-4H3. The van der Waals surface area contributed by atoms with Gasteiger partial charge in [0, 0.05) is 0 Å². The molecule has 98 valence electrons. The van der Waals surface area contributed by atoms with E-state index in [1.54, 1.807) is 6.07 Å². The number of fused-ring (bicyclic) bond motifs is 1. The number of allylic oxidation sites excluding steroid dienone is 1. The zero-order valence-corrected chi connectivity index (χ0v) is 11.7. The van der Waals surface area contributed by atoms with E-state index in [0.717, 1.165) is 30.6 Å². The van der Waals surface area contributed by atoms with E-state index in [4.69, 9.17) is 4.74 Å². The maximum atomic E-state index is 10.1. The SMILES string of the molecule is CCC1=C(C)C(CC)(CC)Oc2cccc(O)c21. The molecule has 0 saturated carbocycles. The molecule has 0 saturated heterocycles. The van der Waals surface area contributed by atoms with Gasteiger partial charge in [-0.1, -0.05) is 26.8 Å². The molecule has 0 aromatic heterocycles. The zero-order chi connectivity index (χ0) is 13.3. The van der Waals surface area contributed by atoms with Crippen molar-refractivity contribution in [2.24, 2.45) is 0 Å². The lowest BCUT2D eigenvalue weighted by Gasteiger charge is -2.40. The van der Waals surface area contributed by atoms with Crippen LogP contribution in [-0.2, 0) is 0 Å². The Labute approximate surface area is 109 Å². The number of benzene rings is 1. The van der Waals surface area contributed by atoms with E-state index < -0.39 is 0 Å². The van der Waals surface area contributed by atoms with Crippen molar-refractivity contribution in [1.82, 2.24) is 0 Å². The molecule has 0 aliphatic carbocycles. The first-order valence-electron chi connectivity index (χ1n) is 6.81. The van der Waals surface area contributed by atoms with Gasteiger partial charge in [0.15, 0.2) is 0 Å². The van der Waals surface area contributed by atoms with Crippen molar-refractivity contribution in [3.05, 3.63) is 29.3 Å². The first-order chi connectivity index (χ1) is 8.59. The van der Waals surface area contributed by atoms with Crippen molar-refractivity contribution in [3.8, 4) is 11.5 Å². The molecule has 1 aromatic rings. The number of rotatable bonds is 3. The van der Waals surface area contributed by atoms with Gasteiger partial charge in [-0.2, -0.15) is 0 Å². The molecule has 18 heavy (non-hydrogen) atoms. The molecule has 1 aliphatic heterocycles. The first-order valence-corrected chi connectivity index (χ1v) is 6.81. The Bertz CT molecular complexity index is 482. The normalized spacial score (nSPS) is 17.3. The second-order valence-corrected chi connectivity index (χ2v) is 4.91. The molecule has 0 bridgehead atoms. The lowest BCUT2D eigenvalue weighted by atomic mass is 9.80. The number of phenols is 1. The van der Waals surface area contributed by atoms with Gasteiger partial charge < -0.3 is 9.84 Å². The molecule has 0 fully saturated rings. The Morgan fingerprint density at radius 1 is 1.17 bits per heavy atom. The highest BCUT2D eigenvalue weighted by Gasteiger charge is 2.37. The molecule has 2 rings (SSSR count). The minimum atomic E-state index is -0.202. The monoisotopic (exact) mass is 246 g/mol. The smallest absolute Gasteiger partial charge is 0.131 e. The summed E-state index contributed by atoms with van der Waals surface area (Å²) < 4.78 is 6.23. The molecule has 0 atom stereocenters. The van der Waals surface area contributed by atoms with Crippen molar-refractivity contribution in [2.75, 3.05) is 0 Å². The van der Waals surface area contributed by atoms with Crippen LogP contribution in [0, 0.1) is 0 Å². The molecule has 0 radical (unpaired) electrons. The van der Waals surface area contributed by atoms with Crippen LogP contribution in [0.25, 0.3) is 5.57 Å². The minimum Gasteiger partial charge on any atom is -0.507 e. The van der Waals surface area contributed by atoms with Crippen LogP contribution in [0.5, 0.6) is 11.5 Å². The van der Waals surface area contributed by atoms with Gasteiger partial charge in [0.05, 0.1) is 5.56 Å². The van der Waals surface area contributed by atoms with Gasteiger partial charge in [0.25, 0.3) is 0 Å². The van der Waals surface area contributed by atoms with Gasteiger partial charge in [-0.15, -0.1) is 0 Å². The maximum absolute atomic E-state index is 10.1. The fourth-order valence-electron chi connectivity index (χ4n) is 3.02. The van der Waals surface area contributed by atoms with Crippen LogP contribution in [0.4, 0.5) is 0 Å². The van der Waals surface area contributed by atoms with Crippen LogP contribution < -0.4 is 4.74 Å². The largest absolute Gasteiger partial charge is 0.507 e. The molecule has 2 nitrogen and oxygen atoms in total. The summed E-state index contributed by atoms with van der Waals surface area (Å²) in [7, 11) is 0. The van der Waals surface area contributed by atoms with Gasteiger partial charge in [0.1, 0.15) is 17.1 Å². The number of hydrogen-bond donors (Lipinski definition) is 1. The van der Waals surface area contributed by atoms with Crippen molar-refractivity contribution in [3.63, 3.8) is 0 Å². The van der Waals surface area contributed by atoms with E-state index in [-0.39, 0.29) is 5.60 Å². The highest BCUT2D eigenvalue weighted by molar-refractivity contribution is 5.79. The van der Waals surface area contributed by atoms with E-state index >= 15 is 0 Å². The lowest BCUT2D eigenvalue weighted by Crippen LogP contribution is -2.39. The highest BCUT2D eigenvalue weighted by atomic mass is 16.5. The van der Waals surface area contributed by atoms with E-state index in [0.29, 0.717) is 5.75 Å². The van der Waals surface area contributed by atoms with Crippen molar-refractivity contribution >= 4 is 5.57 Å². The average Bonchev–Trinajstić information content (AvgIpc) is 2.39. The fraction of sp³-hybridized carbons (Fsp3) is 0.500. The Morgan fingerprint density at radius 2 is 1.83 bits per heavy atom. The summed E-state index contributed by atoms with van der Waals surface area (Å²) in [5, 5.41) is 10.1. The Kier molecular flexibility index (Phi) is 3.38. The third kappa shape index (κ3) is 1.71. The molecule has 1 aliphatic rings.